The highest BCUT2D eigenvalue weighted by Crippen LogP contribution is 2.30. The van der Waals surface area contributed by atoms with Crippen molar-refractivity contribution in [3.8, 4) is 11.1 Å². The number of hydrogen-bond acceptors (Lipinski definition) is 7. The van der Waals surface area contributed by atoms with Gasteiger partial charge < -0.3 is 20.4 Å². The Morgan fingerprint density at radius 3 is 2.61 bits per heavy atom. The summed E-state index contributed by atoms with van der Waals surface area (Å²) in [5.74, 6) is 1.36. The second-order valence-corrected chi connectivity index (χ2v) is 9.75. The van der Waals surface area contributed by atoms with Crippen LogP contribution < -0.4 is 15.5 Å². The number of benzene rings is 2. The zero-order valence-electron chi connectivity index (χ0n) is 21.9. The number of aromatic nitrogens is 3. The van der Waals surface area contributed by atoms with Gasteiger partial charge >= 0.3 is 0 Å². The van der Waals surface area contributed by atoms with Gasteiger partial charge in [0.15, 0.2) is 0 Å². The molecule has 1 aliphatic heterocycles. The molecule has 2 aromatic carbocycles. The van der Waals surface area contributed by atoms with Crippen LogP contribution in [0.2, 0.25) is 0 Å². The number of rotatable bonds is 8. The van der Waals surface area contributed by atoms with Crippen LogP contribution in [0.25, 0.3) is 22.0 Å². The highest BCUT2D eigenvalue weighted by atomic mass is 16.1. The highest BCUT2D eigenvalue weighted by molar-refractivity contribution is 6.00. The number of amides is 1. The van der Waals surface area contributed by atoms with Crippen molar-refractivity contribution in [2.45, 2.75) is 19.3 Å². The van der Waals surface area contributed by atoms with Crippen molar-refractivity contribution in [3.05, 3.63) is 79.1 Å². The molecule has 8 heteroatoms. The molecule has 38 heavy (non-hydrogen) atoms. The number of carbonyl (C=O) groups is 1. The van der Waals surface area contributed by atoms with Crippen LogP contribution in [0.15, 0.2) is 79.1 Å². The fourth-order valence-corrected chi connectivity index (χ4v) is 4.57. The summed E-state index contributed by atoms with van der Waals surface area (Å²) in [6.07, 6.45) is 10.8. The predicted octanol–water partition coefficient (Wildman–Crippen LogP) is 5.48. The van der Waals surface area contributed by atoms with Crippen molar-refractivity contribution in [2.24, 2.45) is 0 Å². The Labute approximate surface area is 223 Å². The number of pyridine rings is 1. The van der Waals surface area contributed by atoms with E-state index in [0.717, 1.165) is 52.3 Å². The van der Waals surface area contributed by atoms with E-state index in [1.54, 1.807) is 6.08 Å². The summed E-state index contributed by atoms with van der Waals surface area (Å²) in [6, 6.07) is 17.9. The molecular formula is C30H33N7O. The fourth-order valence-electron chi connectivity index (χ4n) is 4.57. The van der Waals surface area contributed by atoms with Crippen LogP contribution in [-0.2, 0) is 4.79 Å². The third-order valence-electron chi connectivity index (χ3n) is 6.48. The highest BCUT2D eigenvalue weighted by Gasteiger charge is 2.13. The fraction of sp³-hybridized carbons (Fsp3) is 0.267. The van der Waals surface area contributed by atoms with Gasteiger partial charge in [-0.25, -0.2) is 15.0 Å². The molecule has 0 aliphatic carbocycles. The summed E-state index contributed by atoms with van der Waals surface area (Å²) in [5, 5.41) is 7.18. The Morgan fingerprint density at radius 1 is 0.974 bits per heavy atom. The average molecular weight is 508 g/mol. The maximum atomic E-state index is 12.3. The van der Waals surface area contributed by atoms with E-state index in [1.165, 1.54) is 19.3 Å². The molecule has 0 unspecified atom stereocenters. The minimum atomic E-state index is -0.157. The van der Waals surface area contributed by atoms with Gasteiger partial charge in [0.2, 0.25) is 11.9 Å². The molecule has 0 atom stereocenters. The van der Waals surface area contributed by atoms with Gasteiger partial charge in [-0.2, -0.15) is 0 Å². The summed E-state index contributed by atoms with van der Waals surface area (Å²) in [7, 11) is 3.92. The van der Waals surface area contributed by atoms with E-state index >= 15 is 0 Å². The molecule has 1 amide bonds. The number of anilines is 4. The van der Waals surface area contributed by atoms with Gasteiger partial charge in [0.05, 0.1) is 17.4 Å². The number of likely N-dealkylation sites (N-methyl/N-ethyl adjacent to an activating group) is 1. The Balaban J connectivity index is 1.35. The number of fused-ring (bicyclic) bond motifs is 1. The Hall–Kier alpha value is -4.30. The minimum absolute atomic E-state index is 0.157. The molecular weight excluding hydrogens is 474 g/mol. The van der Waals surface area contributed by atoms with Crippen LogP contribution in [0.5, 0.6) is 0 Å². The molecule has 194 valence electrons. The first-order chi connectivity index (χ1) is 18.5. The van der Waals surface area contributed by atoms with Crippen molar-refractivity contribution < 1.29 is 4.79 Å². The molecule has 1 aliphatic rings. The van der Waals surface area contributed by atoms with Gasteiger partial charge in [0.1, 0.15) is 5.82 Å². The number of nitrogens with one attached hydrogen (secondary N) is 2. The Morgan fingerprint density at radius 2 is 1.82 bits per heavy atom. The van der Waals surface area contributed by atoms with Crippen molar-refractivity contribution in [1.82, 2.24) is 19.9 Å². The van der Waals surface area contributed by atoms with Crippen LogP contribution in [0, 0.1) is 0 Å². The lowest BCUT2D eigenvalue weighted by Crippen LogP contribution is -2.29. The largest absolute Gasteiger partial charge is 0.357 e. The number of piperidine rings is 1. The molecule has 5 rings (SSSR count). The first kappa shape index (κ1) is 25.4. The van der Waals surface area contributed by atoms with Crippen LogP contribution in [0.4, 0.5) is 23.1 Å². The Bertz CT molecular complexity index is 1430. The van der Waals surface area contributed by atoms with Crippen molar-refractivity contribution >= 4 is 40.0 Å². The molecule has 0 radical (unpaired) electrons. The zero-order valence-corrected chi connectivity index (χ0v) is 21.9. The molecule has 8 nitrogen and oxygen atoms in total. The van der Waals surface area contributed by atoms with Gasteiger partial charge in [-0.05, 0) is 63.2 Å². The third-order valence-corrected chi connectivity index (χ3v) is 6.48. The normalized spacial score (nSPS) is 13.8. The van der Waals surface area contributed by atoms with Gasteiger partial charge in [-0.3, -0.25) is 4.79 Å². The Kier molecular flexibility index (Phi) is 7.89. The molecule has 2 N–H and O–H groups in total. The van der Waals surface area contributed by atoms with E-state index in [1.807, 2.05) is 86.0 Å². The summed E-state index contributed by atoms with van der Waals surface area (Å²) in [6.45, 7) is 2.83. The number of para-hydroxylation sites is 1. The van der Waals surface area contributed by atoms with E-state index in [4.69, 9.17) is 4.98 Å². The third kappa shape index (κ3) is 6.33. The molecule has 0 bridgehead atoms. The monoisotopic (exact) mass is 507 g/mol. The molecule has 3 heterocycles. The maximum Gasteiger partial charge on any atom is 0.248 e. The van der Waals surface area contributed by atoms with E-state index < -0.39 is 0 Å². The number of carbonyl (C=O) groups excluding carboxylic acids is 1. The minimum Gasteiger partial charge on any atom is -0.357 e. The topological polar surface area (TPSA) is 86.3 Å². The average Bonchev–Trinajstić information content (AvgIpc) is 2.93. The van der Waals surface area contributed by atoms with Crippen molar-refractivity contribution in [2.75, 3.05) is 49.3 Å². The van der Waals surface area contributed by atoms with Crippen LogP contribution in [-0.4, -0.2) is 59.5 Å². The standard InChI is InChI=1S/C30H33N7O/c1-36(2)16-8-13-28(38)33-24-11-6-9-22(19-24)26-12-7-10-23-20-32-30(35-29(23)26)34-25-14-15-27(31-21-25)37-17-4-3-5-18-37/h6-15,19-21H,3-5,16-18H2,1-2H3,(H,33,38)(H,32,34,35). The van der Waals surface area contributed by atoms with E-state index in [2.05, 4.69) is 31.6 Å². The number of nitrogens with zero attached hydrogens (tertiary/aromatic N) is 5. The summed E-state index contributed by atoms with van der Waals surface area (Å²) >= 11 is 0. The van der Waals surface area contributed by atoms with Crippen molar-refractivity contribution in [3.63, 3.8) is 0 Å². The predicted molar refractivity (Wildman–Crippen MR) is 155 cm³/mol. The maximum absolute atomic E-state index is 12.3. The zero-order chi connectivity index (χ0) is 26.3. The summed E-state index contributed by atoms with van der Waals surface area (Å²) in [4.78, 5) is 30.7. The van der Waals surface area contributed by atoms with E-state index in [-0.39, 0.29) is 5.91 Å². The van der Waals surface area contributed by atoms with Crippen molar-refractivity contribution in [1.29, 1.82) is 0 Å². The second-order valence-electron chi connectivity index (χ2n) is 9.75. The van der Waals surface area contributed by atoms with E-state index in [0.29, 0.717) is 12.5 Å². The molecule has 2 aromatic heterocycles. The molecule has 1 fully saturated rings. The van der Waals surface area contributed by atoms with Gasteiger partial charge in [0.25, 0.3) is 0 Å². The van der Waals surface area contributed by atoms with Crippen LogP contribution in [0.3, 0.4) is 0 Å². The SMILES string of the molecule is CN(C)CC=CC(=O)Nc1cccc(-c2cccc3cnc(Nc4ccc(N5CCCCC5)nc4)nc23)c1. The van der Waals surface area contributed by atoms with Crippen LogP contribution >= 0.6 is 0 Å². The second kappa shape index (κ2) is 11.8. The van der Waals surface area contributed by atoms with Gasteiger partial charge in [-0.1, -0.05) is 36.4 Å². The molecule has 1 saturated heterocycles. The van der Waals surface area contributed by atoms with Gasteiger partial charge in [0, 0.05) is 48.5 Å². The smallest absolute Gasteiger partial charge is 0.248 e. The number of hydrogen-bond donors (Lipinski definition) is 2. The first-order valence-corrected chi connectivity index (χ1v) is 13.0. The first-order valence-electron chi connectivity index (χ1n) is 13.0. The molecule has 0 spiro atoms. The summed E-state index contributed by atoms with van der Waals surface area (Å²) < 4.78 is 0. The van der Waals surface area contributed by atoms with Crippen LogP contribution in [0.1, 0.15) is 19.3 Å². The van der Waals surface area contributed by atoms with Gasteiger partial charge in [-0.15, -0.1) is 0 Å². The van der Waals surface area contributed by atoms with E-state index in [9.17, 15) is 4.79 Å². The summed E-state index contributed by atoms with van der Waals surface area (Å²) in [5.41, 5.74) is 4.33. The quantitative estimate of drug-likeness (QED) is 0.305. The lowest BCUT2D eigenvalue weighted by molar-refractivity contribution is -0.111. The lowest BCUT2D eigenvalue weighted by atomic mass is 10.0. The molecule has 0 saturated carbocycles. The lowest BCUT2D eigenvalue weighted by Gasteiger charge is -2.27. The molecule has 4 aromatic rings.